The average Bonchev–Trinajstić information content (AvgIpc) is 2.12. The highest BCUT2D eigenvalue weighted by Gasteiger charge is 2.13. The van der Waals surface area contributed by atoms with Crippen LogP contribution in [0.4, 0.5) is 0 Å². The molecule has 13 heavy (non-hydrogen) atoms. The van der Waals surface area contributed by atoms with E-state index in [0.29, 0.717) is 0 Å². The normalized spacial score (nSPS) is 14.6. The number of halogens is 3. The van der Waals surface area contributed by atoms with Crippen LogP contribution in [0.1, 0.15) is 11.1 Å². The summed E-state index contributed by atoms with van der Waals surface area (Å²) in [7, 11) is 0. The number of hydrogen-bond acceptors (Lipinski definition) is 1. The molecule has 2 rings (SSSR count). The van der Waals surface area contributed by atoms with E-state index in [-0.39, 0.29) is 12.4 Å². The molecular weight excluding hydrogens is 273 g/mol. The summed E-state index contributed by atoms with van der Waals surface area (Å²) in [5, 5.41) is 4.18. The summed E-state index contributed by atoms with van der Waals surface area (Å²) in [6, 6.07) is 3.96. The molecule has 0 aromatic heterocycles. The van der Waals surface area contributed by atoms with Crippen molar-refractivity contribution in [2.75, 3.05) is 6.54 Å². The lowest BCUT2D eigenvalue weighted by Gasteiger charge is -2.19. The van der Waals surface area contributed by atoms with Crippen molar-refractivity contribution in [3.8, 4) is 0 Å². The first kappa shape index (κ1) is 11.3. The van der Waals surface area contributed by atoms with Gasteiger partial charge in [-0.15, -0.1) is 12.4 Å². The third-order valence-electron chi connectivity index (χ3n) is 2.17. The minimum atomic E-state index is 0. The minimum absolute atomic E-state index is 0. The molecule has 0 bridgehead atoms. The van der Waals surface area contributed by atoms with Crippen molar-refractivity contribution in [3.05, 3.63) is 32.8 Å². The summed E-state index contributed by atoms with van der Waals surface area (Å²) in [5.41, 5.74) is 2.61. The molecular formula is C9H10BrCl2N. The molecule has 0 unspecified atom stereocenters. The van der Waals surface area contributed by atoms with Gasteiger partial charge in [-0.2, -0.15) is 0 Å². The SMILES string of the molecule is Cl.Clc1ccc(Br)c2c1CNCC2. The molecule has 1 nitrogen and oxygen atoms in total. The van der Waals surface area contributed by atoms with E-state index in [0.717, 1.165) is 24.5 Å². The minimum Gasteiger partial charge on any atom is -0.312 e. The molecule has 1 aromatic rings. The first-order chi connectivity index (χ1) is 5.79. The van der Waals surface area contributed by atoms with Gasteiger partial charge < -0.3 is 5.32 Å². The smallest absolute Gasteiger partial charge is 0.0454 e. The van der Waals surface area contributed by atoms with Crippen LogP contribution in [-0.4, -0.2) is 6.54 Å². The van der Waals surface area contributed by atoms with Gasteiger partial charge in [0.05, 0.1) is 0 Å². The van der Waals surface area contributed by atoms with Gasteiger partial charge in [0.2, 0.25) is 0 Å². The molecule has 0 radical (unpaired) electrons. The van der Waals surface area contributed by atoms with Crippen LogP contribution in [0, 0.1) is 0 Å². The molecule has 0 spiro atoms. The van der Waals surface area contributed by atoms with Crippen LogP contribution in [0.3, 0.4) is 0 Å². The molecule has 1 aliphatic rings. The number of hydrogen-bond donors (Lipinski definition) is 1. The van der Waals surface area contributed by atoms with Gasteiger partial charge in [-0.25, -0.2) is 0 Å². The molecule has 1 N–H and O–H groups in total. The summed E-state index contributed by atoms with van der Waals surface area (Å²) in [5.74, 6) is 0. The first-order valence-corrected chi connectivity index (χ1v) is 5.12. The summed E-state index contributed by atoms with van der Waals surface area (Å²) < 4.78 is 1.18. The predicted octanol–water partition coefficient (Wildman–Crippen LogP) is 3.17. The van der Waals surface area contributed by atoms with E-state index in [1.54, 1.807) is 0 Å². The Labute approximate surface area is 97.4 Å². The Kier molecular flexibility index (Phi) is 4.05. The zero-order valence-electron chi connectivity index (χ0n) is 6.94. The Morgan fingerprint density at radius 2 is 2.08 bits per heavy atom. The fraction of sp³-hybridized carbons (Fsp3) is 0.333. The van der Waals surface area contributed by atoms with Gasteiger partial charge in [0, 0.05) is 16.0 Å². The Hall–Kier alpha value is 0.240. The molecule has 1 aromatic carbocycles. The first-order valence-electron chi connectivity index (χ1n) is 3.95. The van der Waals surface area contributed by atoms with Gasteiger partial charge in [-0.3, -0.25) is 0 Å². The highest BCUT2D eigenvalue weighted by Crippen LogP contribution is 2.29. The number of nitrogens with one attached hydrogen (secondary N) is 1. The lowest BCUT2D eigenvalue weighted by Crippen LogP contribution is -2.24. The molecule has 0 saturated carbocycles. The van der Waals surface area contributed by atoms with E-state index < -0.39 is 0 Å². The van der Waals surface area contributed by atoms with E-state index in [4.69, 9.17) is 11.6 Å². The van der Waals surface area contributed by atoms with Crippen LogP contribution in [0.15, 0.2) is 16.6 Å². The maximum absolute atomic E-state index is 6.05. The van der Waals surface area contributed by atoms with E-state index in [2.05, 4.69) is 21.2 Å². The van der Waals surface area contributed by atoms with Gasteiger partial charge in [-0.05, 0) is 36.2 Å². The van der Waals surface area contributed by atoms with Crippen LogP contribution in [0.2, 0.25) is 5.02 Å². The Bertz CT molecular complexity index is 284. The Balaban J connectivity index is 0.000000845. The largest absolute Gasteiger partial charge is 0.312 e. The monoisotopic (exact) mass is 281 g/mol. The topological polar surface area (TPSA) is 12.0 Å². The zero-order valence-corrected chi connectivity index (χ0v) is 10.1. The van der Waals surface area contributed by atoms with E-state index in [1.807, 2.05) is 12.1 Å². The highest BCUT2D eigenvalue weighted by atomic mass is 79.9. The Morgan fingerprint density at radius 3 is 2.77 bits per heavy atom. The molecule has 4 heteroatoms. The molecule has 0 aliphatic carbocycles. The lowest BCUT2D eigenvalue weighted by molar-refractivity contribution is 0.642. The number of fused-ring (bicyclic) bond motifs is 1. The third-order valence-corrected chi connectivity index (χ3v) is 3.27. The lowest BCUT2D eigenvalue weighted by atomic mass is 10.0. The standard InChI is InChI=1S/C9H9BrClN.ClH/c10-8-1-2-9(11)7-5-12-4-3-6(7)8;/h1-2,12H,3-5H2;1H. The van der Waals surface area contributed by atoms with Gasteiger partial charge in [-0.1, -0.05) is 27.5 Å². The maximum Gasteiger partial charge on any atom is 0.0454 e. The van der Waals surface area contributed by atoms with Crippen LogP contribution >= 0.6 is 39.9 Å². The summed E-state index contributed by atoms with van der Waals surface area (Å²) in [6.07, 6.45) is 1.07. The van der Waals surface area contributed by atoms with Crippen molar-refractivity contribution < 1.29 is 0 Å². The molecule has 0 fully saturated rings. The molecule has 0 atom stereocenters. The quantitative estimate of drug-likeness (QED) is 0.771. The van der Waals surface area contributed by atoms with Crippen molar-refractivity contribution in [1.82, 2.24) is 5.32 Å². The fourth-order valence-electron chi connectivity index (χ4n) is 1.52. The van der Waals surface area contributed by atoms with E-state index in [9.17, 15) is 0 Å². The Morgan fingerprint density at radius 1 is 1.31 bits per heavy atom. The second-order valence-corrected chi connectivity index (χ2v) is 4.17. The second kappa shape index (κ2) is 4.65. The van der Waals surface area contributed by atoms with Crippen molar-refractivity contribution in [2.24, 2.45) is 0 Å². The molecule has 72 valence electrons. The molecule has 1 heterocycles. The molecule has 0 saturated heterocycles. The fourth-order valence-corrected chi connectivity index (χ4v) is 2.34. The van der Waals surface area contributed by atoms with E-state index in [1.165, 1.54) is 15.6 Å². The van der Waals surface area contributed by atoms with Crippen molar-refractivity contribution in [2.45, 2.75) is 13.0 Å². The van der Waals surface area contributed by atoms with E-state index >= 15 is 0 Å². The van der Waals surface area contributed by atoms with Crippen LogP contribution < -0.4 is 5.32 Å². The van der Waals surface area contributed by atoms with Gasteiger partial charge >= 0.3 is 0 Å². The van der Waals surface area contributed by atoms with Crippen LogP contribution in [-0.2, 0) is 13.0 Å². The number of rotatable bonds is 0. The summed E-state index contributed by atoms with van der Waals surface area (Å²) in [4.78, 5) is 0. The predicted molar refractivity (Wildman–Crippen MR) is 61.8 cm³/mol. The van der Waals surface area contributed by atoms with Crippen molar-refractivity contribution >= 4 is 39.9 Å². The highest BCUT2D eigenvalue weighted by molar-refractivity contribution is 9.10. The maximum atomic E-state index is 6.05. The van der Waals surface area contributed by atoms with Crippen molar-refractivity contribution in [3.63, 3.8) is 0 Å². The van der Waals surface area contributed by atoms with Gasteiger partial charge in [0.1, 0.15) is 0 Å². The van der Waals surface area contributed by atoms with Gasteiger partial charge in [0.25, 0.3) is 0 Å². The van der Waals surface area contributed by atoms with Crippen LogP contribution in [0.25, 0.3) is 0 Å². The summed E-state index contributed by atoms with van der Waals surface area (Å²) >= 11 is 9.58. The number of benzene rings is 1. The average molecular weight is 283 g/mol. The zero-order chi connectivity index (χ0) is 8.55. The van der Waals surface area contributed by atoms with Gasteiger partial charge in [0.15, 0.2) is 0 Å². The third kappa shape index (κ3) is 2.18. The molecule has 1 aliphatic heterocycles. The van der Waals surface area contributed by atoms with Crippen LogP contribution in [0.5, 0.6) is 0 Å². The summed E-state index contributed by atoms with van der Waals surface area (Å²) in [6.45, 7) is 1.94. The van der Waals surface area contributed by atoms with Crippen molar-refractivity contribution in [1.29, 1.82) is 0 Å². The second-order valence-electron chi connectivity index (χ2n) is 2.91. The molecule has 0 amide bonds.